The van der Waals surface area contributed by atoms with Crippen LogP contribution in [0.3, 0.4) is 0 Å². The van der Waals surface area contributed by atoms with Crippen molar-refractivity contribution < 1.29 is 14.3 Å². The van der Waals surface area contributed by atoms with Gasteiger partial charge in [-0.25, -0.2) is 4.98 Å². The van der Waals surface area contributed by atoms with Gasteiger partial charge in [0.25, 0.3) is 5.89 Å². The molecule has 1 amide bonds. The van der Waals surface area contributed by atoms with E-state index in [2.05, 4.69) is 20.2 Å². The van der Waals surface area contributed by atoms with E-state index >= 15 is 0 Å². The van der Waals surface area contributed by atoms with Gasteiger partial charge in [-0.1, -0.05) is 23.2 Å². The lowest BCUT2D eigenvalue weighted by atomic mass is 10.0. The number of aromatic nitrogens is 4. The molecule has 1 aliphatic heterocycles. The SMILES string of the molecule is Cc1nnc(-c2nc(Cl)c(Cl)c3[nH]c4c(c23)CN(C(=O)CO)CC4)o1. The molecule has 0 radical (unpaired) electrons. The Morgan fingerprint density at radius 3 is 2.88 bits per heavy atom. The zero-order valence-corrected chi connectivity index (χ0v) is 14.6. The highest BCUT2D eigenvalue weighted by atomic mass is 35.5. The molecule has 0 unspecified atom stereocenters. The summed E-state index contributed by atoms with van der Waals surface area (Å²) in [6, 6.07) is 0. The summed E-state index contributed by atoms with van der Waals surface area (Å²) in [6.07, 6.45) is 0.603. The number of aliphatic hydroxyl groups excluding tert-OH is 1. The minimum atomic E-state index is -0.530. The number of aryl methyl sites for hydroxylation is 1. The normalized spacial score (nSPS) is 14.2. The van der Waals surface area contributed by atoms with Crippen LogP contribution in [0.15, 0.2) is 4.42 Å². The van der Waals surface area contributed by atoms with E-state index in [4.69, 9.17) is 32.7 Å². The van der Waals surface area contributed by atoms with Gasteiger partial charge < -0.3 is 19.4 Å². The first-order chi connectivity index (χ1) is 12.0. The second kappa shape index (κ2) is 5.98. The fraction of sp³-hybridized carbons (Fsp3) is 0.333. The van der Waals surface area contributed by atoms with Gasteiger partial charge in [0.05, 0.1) is 5.52 Å². The zero-order valence-electron chi connectivity index (χ0n) is 13.1. The van der Waals surface area contributed by atoms with Gasteiger partial charge in [-0.2, -0.15) is 0 Å². The maximum absolute atomic E-state index is 11.9. The Morgan fingerprint density at radius 1 is 1.40 bits per heavy atom. The van der Waals surface area contributed by atoms with Crippen LogP contribution >= 0.6 is 23.2 Å². The predicted octanol–water partition coefficient (Wildman–Crippen LogP) is 2.11. The fourth-order valence-corrected chi connectivity index (χ4v) is 3.45. The predicted molar refractivity (Wildman–Crippen MR) is 90.3 cm³/mol. The molecule has 0 atom stereocenters. The molecule has 10 heteroatoms. The molecule has 0 saturated heterocycles. The van der Waals surface area contributed by atoms with Gasteiger partial charge in [0.2, 0.25) is 11.8 Å². The molecule has 0 saturated carbocycles. The van der Waals surface area contributed by atoms with Crippen LogP contribution in [0.1, 0.15) is 17.1 Å². The van der Waals surface area contributed by atoms with Crippen molar-refractivity contribution in [1.82, 2.24) is 25.1 Å². The number of carbonyl (C=O) groups excluding carboxylic acids is 1. The number of carbonyl (C=O) groups is 1. The van der Waals surface area contributed by atoms with E-state index in [1.165, 1.54) is 0 Å². The summed E-state index contributed by atoms with van der Waals surface area (Å²) in [7, 11) is 0. The molecule has 8 nitrogen and oxygen atoms in total. The van der Waals surface area contributed by atoms with Crippen molar-refractivity contribution in [3.05, 3.63) is 27.3 Å². The number of aromatic amines is 1. The topological polar surface area (TPSA) is 108 Å². The van der Waals surface area contributed by atoms with Crippen LogP contribution in [0.25, 0.3) is 22.5 Å². The van der Waals surface area contributed by atoms with Crippen LogP contribution in [0.4, 0.5) is 0 Å². The van der Waals surface area contributed by atoms with E-state index in [1.54, 1.807) is 11.8 Å². The lowest BCUT2D eigenvalue weighted by molar-refractivity contribution is -0.135. The van der Waals surface area contributed by atoms with Gasteiger partial charge >= 0.3 is 0 Å². The number of halogens is 2. The summed E-state index contributed by atoms with van der Waals surface area (Å²) in [5.41, 5.74) is 2.84. The molecule has 130 valence electrons. The van der Waals surface area contributed by atoms with Gasteiger partial charge in [-0.05, 0) is 0 Å². The third kappa shape index (κ3) is 2.57. The van der Waals surface area contributed by atoms with Crippen molar-refractivity contribution in [1.29, 1.82) is 0 Å². The highest BCUT2D eigenvalue weighted by Crippen LogP contribution is 2.39. The number of nitrogens with zero attached hydrogens (tertiary/aromatic N) is 4. The molecule has 0 spiro atoms. The van der Waals surface area contributed by atoms with Gasteiger partial charge in [0.15, 0.2) is 5.15 Å². The second-order valence-corrected chi connectivity index (χ2v) is 6.48. The lowest BCUT2D eigenvalue weighted by Crippen LogP contribution is -2.37. The third-order valence-corrected chi connectivity index (χ3v) is 4.97. The number of nitrogens with one attached hydrogen (secondary N) is 1. The molecule has 3 aromatic rings. The second-order valence-electron chi connectivity index (χ2n) is 5.75. The van der Waals surface area contributed by atoms with Crippen LogP contribution < -0.4 is 0 Å². The number of amides is 1. The highest BCUT2D eigenvalue weighted by molar-refractivity contribution is 6.44. The standard InChI is InChI=1S/C15H13Cl2N5O3/c1-6-20-21-15(25-6)13-10-7-4-22(9(24)5-23)3-2-8(7)18-12(10)11(16)14(17)19-13/h18,23H,2-5H2,1H3. The number of hydrogen-bond donors (Lipinski definition) is 2. The van der Waals surface area contributed by atoms with Crippen molar-refractivity contribution in [2.24, 2.45) is 0 Å². The van der Waals surface area contributed by atoms with E-state index in [9.17, 15) is 4.79 Å². The molecule has 0 fully saturated rings. The largest absolute Gasteiger partial charge is 0.420 e. The number of hydrogen-bond acceptors (Lipinski definition) is 6. The molecule has 2 N–H and O–H groups in total. The number of pyridine rings is 1. The fourth-order valence-electron chi connectivity index (χ4n) is 3.09. The molecular weight excluding hydrogens is 369 g/mol. The number of H-pyrrole nitrogens is 1. The van der Waals surface area contributed by atoms with Crippen molar-refractivity contribution >= 4 is 40.0 Å². The minimum Gasteiger partial charge on any atom is -0.420 e. The minimum absolute atomic E-state index is 0.127. The average Bonchev–Trinajstić information content (AvgIpc) is 3.20. The van der Waals surface area contributed by atoms with E-state index < -0.39 is 6.61 Å². The Morgan fingerprint density at radius 2 is 2.20 bits per heavy atom. The van der Waals surface area contributed by atoms with Crippen LogP contribution in [0.2, 0.25) is 10.2 Å². The van der Waals surface area contributed by atoms with E-state index in [1.807, 2.05) is 0 Å². The highest BCUT2D eigenvalue weighted by Gasteiger charge is 2.28. The summed E-state index contributed by atoms with van der Waals surface area (Å²) < 4.78 is 5.51. The van der Waals surface area contributed by atoms with Crippen LogP contribution in [-0.4, -0.2) is 49.2 Å². The lowest BCUT2D eigenvalue weighted by Gasteiger charge is -2.26. The molecule has 0 aromatic carbocycles. The van der Waals surface area contributed by atoms with E-state index in [0.717, 1.165) is 11.3 Å². The molecule has 4 rings (SSSR count). The Kier molecular flexibility index (Phi) is 3.90. The maximum Gasteiger partial charge on any atom is 0.267 e. The van der Waals surface area contributed by atoms with Crippen molar-refractivity contribution in [2.45, 2.75) is 19.9 Å². The summed E-state index contributed by atoms with van der Waals surface area (Å²) >= 11 is 12.5. The molecule has 1 aliphatic rings. The third-order valence-electron chi connectivity index (χ3n) is 4.24. The Balaban J connectivity index is 1.96. The van der Waals surface area contributed by atoms with Gasteiger partial charge in [0, 0.05) is 43.1 Å². The quantitative estimate of drug-likeness (QED) is 0.658. The average molecular weight is 382 g/mol. The van der Waals surface area contributed by atoms with Crippen LogP contribution in [-0.2, 0) is 17.8 Å². The summed E-state index contributed by atoms with van der Waals surface area (Å²) in [6.45, 7) is 1.99. The van der Waals surface area contributed by atoms with E-state index in [-0.39, 0.29) is 17.0 Å². The number of aliphatic hydroxyl groups is 1. The van der Waals surface area contributed by atoms with Gasteiger partial charge in [-0.15, -0.1) is 10.2 Å². The van der Waals surface area contributed by atoms with Crippen molar-refractivity contribution in [2.75, 3.05) is 13.2 Å². The Labute approximate surface area is 151 Å². The molecule has 0 aliphatic carbocycles. The number of fused-ring (bicyclic) bond motifs is 3. The summed E-state index contributed by atoms with van der Waals surface area (Å²) in [5, 5.41) is 18.1. The van der Waals surface area contributed by atoms with Crippen molar-refractivity contribution in [3.63, 3.8) is 0 Å². The smallest absolute Gasteiger partial charge is 0.267 e. The monoisotopic (exact) mass is 381 g/mol. The summed E-state index contributed by atoms with van der Waals surface area (Å²) in [4.78, 5) is 21.1. The maximum atomic E-state index is 11.9. The van der Waals surface area contributed by atoms with Crippen LogP contribution in [0.5, 0.6) is 0 Å². The molecule has 4 heterocycles. The van der Waals surface area contributed by atoms with E-state index in [0.29, 0.717) is 47.0 Å². The molecule has 25 heavy (non-hydrogen) atoms. The van der Waals surface area contributed by atoms with Gasteiger partial charge in [0.1, 0.15) is 17.3 Å². The molecule has 3 aromatic heterocycles. The van der Waals surface area contributed by atoms with Crippen molar-refractivity contribution in [3.8, 4) is 11.6 Å². The van der Waals surface area contributed by atoms with Gasteiger partial charge in [-0.3, -0.25) is 4.79 Å². The summed E-state index contributed by atoms with van der Waals surface area (Å²) in [5.74, 6) is 0.300. The number of rotatable bonds is 2. The Hall–Kier alpha value is -2.16. The zero-order chi connectivity index (χ0) is 17.7. The first-order valence-corrected chi connectivity index (χ1v) is 8.32. The first-order valence-electron chi connectivity index (χ1n) is 7.57. The molecular formula is C15H13Cl2N5O3. The first kappa shape index (κ1) is 16.3. The van der Waals surface area contributed by atoms with Crippen LogP contribution in [0, 0.1) is 6.92 Å². The molecule has 0 bridgehead atoms. The Bertz CT molecular complexity index is 997.